The van der Waals surface area contributed by atoms with E-state index in [0.29, 0.717) is 16.2 Å². The van der Waals surface area contributed by atoms with Crippen molar-refractivity contribution in [1.82, 2.24) is 5.01 Å². The van der Waals surface area contributed by atoms with Crippen LogP contribution in [0.25, 0.3) is 0 Å². The number of ketones is 1. The van der Waals surface area contributed by atoms with Crippen molar-refractivity contribution in [3.8, 4) is 0 Å². The standard InChI is InChI=1S/C18H14N2O2S/c1-13-19-20(18(22)15-10-6-3-7-11-15)17(23-13)12-16(21)14-8-4-2-5-9-14/h2-12H,1H3/b17-12-. The Bertz CT molecular complexity index is 798. The average Bonchev–Trinajstić information content (AvgIpc) is 2.96. The Morgan fingerprint density at radius 2 is 1.52 bits per heavy atom. The molecule has 3 rings (SSSR count). The van der Waals surface area contributed by atoms with E-state index in [-0.39, 0.29) is 11.7 Å². The van der Waals surface area contributed by atoms with E-state index >= 15 is 0 Å². The minimum absolute atomic E-state index is 0.149. The van der Waals surface area contributed by atoms with Crippen molar-refractivity contribution >= 4 is 28.5 Å². The summed E-state index contributed by atoms with van der Waals surface area (Å²) in [6.07, 6.45) is 1.46. The normalized spacial score (nSPS) is 15.6. The van der Waals surface area contributed by atoms with Crippen LogP contribution in [-0.2, 0) is 0 Å². The number of rotatable bonds is 3. The maximum atomic E-state index is 12.6. The third-order valence-corrected chi connectivity index (χ3v) is 4.10. The quantitative estimate of drug-likeness (QED) is 0.635. The second-order valence-electron chi connectivity index (χ2n) is 4.92. The molecule has 0 unspecified atom stereocenters. The molecule has 0 bridgehead atoms. The molecule has 4 nitrogen and oxygen atoms in total. The molecule has 0 radical (unpaired) electrons. The van der Waals surface area contributed by atoms with Crippen LogP contribution in [0.15, 0.2) is 76.9 Å². The molecule has 5 heteroatoms. The molecule has 1 aliphatic heterocycles. The van der Waals surface area contributed by atoms with Gasteiger partial charge in [0.2, 0.25) is 0 Å². The molecule has 114 valence electrons. The van der Waals surface area contributed by atoms with E-state index in [0.717, 1.165) is 5.04 Å². The molecule has 0 atom stereocenters. The highest BCUT2D eigenvalue weighted by molar-refractivity contribution is 8.17. The van der Waals surface area contributed by atoms with E-state index in [1.807, 2.05) is 31.2 Å². The summed E-state index contributed by atoms with van der Waals surface area (Å²) in [7, 11) is 0. The van der Waals surface area contributed by atoms with Crippen LogP contribution in [0.1, 0.15) is 27.6 Å². The molecule has 0 N–H and O–H groups in total. The lowest BCUT2D eigenvalue weighted by atomic mass is 10.1. The van der Waals surface area contributed by atoms with Crippen molar-refractivity contribution in [3.05, 3.63) is 82.9 Å². The summed E-state index contributed by atoms with van der Waals surface area (Å²) in [5.74, 6) is -0.397. The average molecular weight is 322 g/mol. The number of nitrogens with zero attached hydrogens (tertiary/aromatic N) is 2. The van der Waals surface area contributed by atoms with Gasteiger partial charge in [-0.05, 0) is 19.1 Å². The summed E-state index contributed by atoms with van der Waals surface area (Å²) in [4.78, 5) is 24.9. The first-order chi connectivity index (χ1) is 11.1. The number of carbonyl (C=O) groups excluding carboxylic acids is 2. The van der Waals surface area contributed by atoms with Crippen LogP contribution >= 0.6 is 11.8 Å². The van der Waals surface area contributed by atoms with Gasteiger partial charge in [-0.1, -0.05) is 60.3 Å². The number of hydrazone groups is 1. The molecule has 1 amide bonds. The van der Waals surface area contributed by atoms with Crippen molar-refractivity contribution in [2.45, 2.75) is 6.92 Å². The highest BCUT2D eigenvalue weighted by Crippen LogP contribution is 2.31. The number of allylic oxidation sites excluding steroid dienone is 1. The first-order valence-electron chi connectivity index (χ1n) is 7.09. The smallest absolute Gasteiger partial charge is 0.279 e. The van der Waals surface area contributed by atoms with Gasteiger partial charge in [0, 0.05) is 17.2 Å². The van der Waals surface area contributed by atoms with Crippen molar-refractivity contribution in [2.75, 3.05) is 0 Å². The van der Waals surface area contributed by atoms with Crippen LogP contribution in [0.2, 0.25) is 0 Å². The van der Waals surface area contributed by atoms with E-state index in [9.17, 15) is 9.59 Å². The second-order valence-corrected chi connectivity index (χ2v) is 6.13. The first kappa shape index (κ1) is 15.2. The molecule has 2 aromatic carbocycles. The molecular weight excluding hydrogens is 308 g/mol. The van der Waals surface area contributed by atoms with Crippen LogP contribution in [0.4, 0.5) is 0 Å². The van der Waals surface area contributed by atoms with Gasteiger partial charge >= 0.3 is 0 Å². The zero-order valence-corrected chi connectivity index (χ0v) is 13.3. The van der Waals surface area contributed by atoms with Gasteiger partial charge in [-0.2, -0.15) is 10.1 Å². The summed E-state index contributed by atoms with van der Waals surface area (Å²) < 4.78 is 0. The van der Waals surface area contributed by atoms with Gasteiger partial charge in [0.25, 0.3) is 5.91 Å². The molecule has 0 spiro atoms. The van der Waals surface area contributed by atoms with Gasteiger partial charge in [0.15, 0.2) is 5.78 Å². The highest BCUT2D eigenvalue weighted by atomic mass is 32.2. The fourth-order valence-electron chi connectivity index (χ4n) is 2.14. The van der Waals surface area contributed by atoms with E-state index in [1.165, 1.54) is 22.8 Å². The minimum Gasteiger partial charge on any atom is -0.289 e. The Morgan fingerprint density at radius 3 is 2.13 bits per heavy atom. The SMILES string of the molecule is CC1=NN(C(=O)c2ccccc2)/C(=C/C(=O)c2ccccc2)S1. The van der Waals surface area contributed by atoms with Gasteiger partial charge in [0.05, 0.1) is 5.04 Å². The van der Waals surface area contributed by atoms with E-state index < -0.39 is 0 Å². The minimum atomic E-state index is -0.248. The fraction of sp³-hybridized carbons (Fsp3) is 0.0556. The largest absolute Gasteiger partial charge is 0.289 e. The summed E-state index contributed by atoms with van der Waals surface area (Å²) in [6, 6.07) is 17.9. The lowest BCUT2D eigenvalue weighted by Gasteiger charge is -2.13. The number of benzene rings is 2. The Balaban J connectivity index is 1.89. The zero-order valence-electron chi connectivity index (χ0n) is 12.5. The molecule has 2 aromatic rings. The summed E-state index contributed by atoms with van der Waals surface area (Å²) >= 11 is 1.31. The molecule has 0 saturated heterocycles. The summed E-state index contributed by atoms with van der Waals surface area (Å²) in [5, 5.41) is 6.77. The third-order valence-electron chi connectivity index (χ3n) is 3.23. The number of carbonyl (C=O) groups is 2. The number of thioether (sulfide) groups is 1. The number of hydrogen-bond donors (Lipinski definition) is 0. The molecule has 0 saturated carbocycles. The van der Waals surface area contributed by atoms with E-state index in [1.54, 1.807) is 36.4 Å². The molecular formula is C18H14N2O2S. The summed E-state index contributed by atoms with van der Waals surface area (Å²) in [5.41, 5.74) is 1.11. The lowest BCUT2D eigenvalue weighted by molar-refractivity contribution is 0.0823. The van der Waals surface area contributed by atoms with Crippen LogP contribution in [0.3, 0.4) is 0 Å². The van der Waals surface area contributed by atoms with Crippen molar-refractivity contribution in [3.63, 3.8) is 0 Å². The Morgan fingerprint density at radius 1 is 0.957 bits per heavy atom. The molecule has 1 heterocycles. The monoisotopic (exact) mass is 322 g/mol. The van der Waals surface area contributed by atoms with Crippen molar-refractivity contribution in [1.29, 1.82) is 0 Å². The topological polar surface area (TPSA) is 49.7 Å². The van der Waals surface area contributed by atoms with Gasteiger partial charge in [-0.3, -0.25) is 9.59 Å². The molecule has 0 aliphatic carbocycles. The van der Waals surface area contributed by atoms with Crippen molar-refractivity contribution < 1.29 is 9.59 Å². The Hall–Kier alpha value is -2.66. The van der Waals surface area contributed by atoms with Crippen LogP contribution in [0, 0.1) is 0 Å². The lowest BCUT2D eigenvalue weighted by Crippen LogP contribution is -2.22. The third kappa shape index (κ3) is 3.40. The summed E-state index contributed by atoms with van der Waals surface area (Å²) in [6.45, 7) is 1.81. The fourth-order valence-corrected chi connectivity index (χ4v) is 2.94. The second kappa shape index (κ2) is 6.62. The zero-order chi connectivity index (χ0) is 16.2. The van der Waals surface area contributed by atoms with Crippen LogP contribution in [-0.4, -0.2) is 21.7 Å². The molecule has 0 aromatic heterocycles. The van der Waals surface area contributed by atoms with Crippen LogP contribution < -0.4 is 0 Å². The molecule has 0 fully saturated rings. The van der Waals surface area contributed by atoms with Crippen molar-refractivity contribution in [2.24, 2.45) is 5.10 Å². The molecule has 1 aliphatic rings. The predicted molar refractivity (Wildman–Crippen MR) is 92.2 cm³/mol. The maximum Gasteiger partial charge on any atom is 0.279 e. The van der Waals surface area contributed by atoms with Crippen LogP contribution in [0.5, 0.6) is 0 Å². The van der Waals surface area contributed by atoms with E-state index in [4.69, 9.17) is 0 Å². The molecule has 23 heavy (non-hydrogen) atoms. The number of hydrogen-bond acceptors (Lipinski definition) is 4. The highest BCUT2D eigenvalue weighted by Gasteiger charge is 2.27. The van der Waals surface area contributed by atoms with Gasteiger partial charge < -0.3 is 0 Å². The maximum absolute atomic E-state index is 12.6. The first-order valence-corrected chi connectivity index (χ1v) is 7.90. The Kier molecular flexibility index (Phi) is 4.39. The van der Waals surface area contributed by atoms with Gasteiger partial charge in [0.1, 0.15) is 5.03 Å². The van der Waals surface area contributed by atoms with Gasteiger partial charge in [-0.15, -0.1) is 0 Å². The predicted octanol–water partition coefficient (Wildman–Crippen LogP) is 3.93. The Labute approximate surface area is 138 Å². The van der Waals surface area contributed by atoms with Gasteiger partial charge in [-0.25, -0.2) is 0 Å². The van der Waals surface area contributed by atoms with E-state index in [2.05, 4.69) is 5.10 Å². The number of amides is 1.